The number of benzene rings is 2. The number of nitrogens with zero attached hydrogens (tertiary/aromatic N) is 2. The summed E-state index contributed by atoms with van der Waals surface area (Å²) in [4.78, 5) is 14.3. The second kappa shape index (κ2) is 7.67. The van der Waals surface area contributed by atoms with Crippen LogP contribution < -0.4 is 10.2 Å². The Labute approximate surface area is 147 Å². The number of amides is 1. The van der Waals surface area contributed by atoms with Gasteiger partial charge in [0.1, 0.15) is 11.6 Å². The molecule has 2 aromatic rings. The maximum Gasteiger partial charge on any atom is 0.266 e. The molecule has 122 valence electrons. The van der Waals surface area contributed by atoms with Crippen molar-refractivity contribution >= 4 is 35.0 Å². The molecule has 5 heteroatoms. The summed E-state index contributed by atoms with van der Waals surface area (Å²) in [6.07, 6.45) is 1.57. The second-order valence-electron chi connectivity index (χ2n) is 5.57. The molecule has 0 radical (unpaired) electrons. The zero-order valence-corrected chi connectivity index (χ0v) is 14.6. The van der Waals surface area contributed by atoms with E-state index >= 15 is 0 Å². The molecule has 0 saturated heterocycles. The molecule has 0 unspecified atom stereocenters. The summed E-state index contributed by atoms with van der Waals surface area (Å²) in [5.74, 6) is -0.445. The average molecular weight is 340 g/mol. The minimum absolute atomic E-state index is 0.0435. The van der Waals surface area contributed by atoms with Crippen LogP contribution >= 0.6 is 11.6 Å². The van der Waals surface area contributed by atoms with Crippen molar-refractivity contribution in [2.45, 2.75) is 6.92 Å². The molecule has 2 rings (SSSR count). The van der Waals surface area contributed by atoms with Crippen LogP contribution in [0.3, 0.4) is 0 Å². The van der Waals surface area contributed by atoms with E-state index in [0.29, 0.717) is 10.7 Å². The molecule has 0 fully saturated rings. The Morgan fingerprint density at radius 2 is 1.88 bits per heavy atom. The summed E-state index contributed by atoms with van der Waals surface area (Å²) >= 11 is 5.91. The van der Waals surface area contributed by atoms with Gasteiger partial charge >= 0.3 is 0 Å². The van der Waals surface area contributed by atoms with Crippen LogP contribution in [-0.4, -0.2) is 20.0 Å². The third-order valence-corrected chi connectivity index (χ3v) is 3.76. The Kier molecular flexibility index (Phi) is 5.62. The Morgan fingerprint density at radius 3 is 2.42 bits per heavy atom. The zero-order valence-electron chi connectivity index (χ0n) is 13.8. The summed E-state index contributed by atoms with van der Waals surface area (Å²) in [6.45, 7) is 1.84. The average Bonchev–Trinajstić information content (AvgIpc) is 2.55. The lowest BCUT2D eigenvalue weighted by molar-refractivity contribution is -0.112. The number of carbonyl (C=O) groups is 1. The Bertz CT molecular complexity index is 817. The van der Waals surface area contributed by atoms with Gasteiger partial charge in [-0.2, -0.15) is 5.26 Å². The van der Waals surface area contributed by atoms with Crippen LogP contribution in [0.2, 0.25) is 5.02 Å². The van der Waals surface area contributed by atoms with Gasteiger partial charge in [0.2, 0.25) is 0 Å². The van der Waals surface area contributed by atoms with Gasteiger partial charge in [-0.15, -0.1) is 0 Å². The van der Waals surface area contributed by atoms with Crippen molar-refractivity contribution in [2.75, 3.05) is 24.3 Å². The van der Waals surface area contributed by atoms with Crippen molar-refractivity contribution in [1.29, 1.82) is 5.26 Å². The largest absolute Gasteiger partial charge is 0.378 e. The van der Waals surface area contributed by atoms with Crippen LogP contribution in [0.25, 0.3) is 6.08 Å². The quantitative estimate of drug-likeness (QED) is 0.669. The zero-order chi connectivity index (χ0) is 17.7. The molecule has 0 bridgehead atoms. The van der Waals surface area contributed by atoms with Crippen LogP contribution in [-0.2, 0) is 4.79 Å². The van der Waals surface area contributed by atoms with Crippen molar-refractivity contribution in [3.63, 3.8) is 0 Å². The van der Waals surface area contributed by atoms with E-state index in [0.717, 1.165) is 16.8 Å². The van der Waals surface area contributed by atoms with Crippen LogP contribution in [0.15, 0.2) is 48.0 Å². The standard InChI is InChI=1S/C19H18ClN3O/c1-13-10-16(20)6-9-18(13)22-19(24)15(12-21)11-14-4-7-17(8-5-14)23(2)3/h4-11H,1-3H3,(H,22,24)/b15-11+. The van der Waals surface area contributed by atoms with E-state index in [1.54, 1.807) is 24.3 Å². The molecule has 24 heavy (non-hydrogen) atoms. The summed E-state index contributed by atoms with van der Waals surface area (Å²) in [7, 11) is 3.90. The molecule has 0 aliphatic heterocycles. The number of rotatable bonds is 4. The third kappa shape index (κ3) is 4.37. The highest BCUT2D eigenvalue weighted by Gasteiger charge is 2.11. The van der Waals surface area contributed by atoms with E-state index in [9.17, 15) is 10.1 Å². The fraction of sp³-hybridized carbons (Fsp3) is 0.158. The lowest BCUT2D eigenvalue weighted by atomic mass is 10.1. The molecule has 2 aromatic carbocycles. The maximum absolute atomic E-state index is 12.3. The van der Waals surface area contributed by atoms with E-state index < -0.39 is 5.91 Å². The minimum atomic E-state index is -0.445. The van der Waals surface area contributed by atoms with Crippen molar-refractivity contribution in [1.82, 2.24) is 0 Å². The second-order valence-corrected chi connectivity index (χ2v) is 6.01. The molecule has 0 atom stereocenters. The van der Waals surface area contributed by atoms with Crippen molar-refractivity contribution in [3.05, 3.63) is 64.2 Å². The maximum atomic E-state index is 12.3. The first kappa shape index (κ1) is 17.6. The van der Waals surface area contributed by atoms with Gasteiger partial charge in [-0.25, -0.2) is 0 Å². The molecule has 0 aromatic heterocycles. The van der Waals surface area contributed by atoms with Gasteiger partial charge in [0, 0.05) is 30.5 Å². The highest BCUT2D eigenvalue weighted by atomic mass is 35.5. The van der Waals surface area contributed by atoms with E-state index in [4.69, 9.17) is 11.6 Å². The summed E-state index contributed by atoms with van der Waals surface area (Å²) in [5.41, 5.74) is 3.35. The Balaban J connectivity index is 2.20. The lowest BCUT2D eigenvalue weighted by Gasteiger charge is -2.12. The Morgan fingerprint density at radius 1 is 1.21 bits per heavy atom. The van der Waals surface area contributed by atoms with Gasteiger partial charge in [-0.1, -0.05) is 23.7 Å². The van der Waals surface area contributed by atoms with Crippen LogP contribution in [0.5, 0.6) is 0 Å². The predicted molar refractivity (Wildman–Crippen MR) is 99.2 cm³/mol. The summed E-state index contributed by atoms with van der Waals surface area (Å²) in [6, 6.07) is 14.7. The normalized spacial score (nSPS) is 10.9. The highest BCUT2D eigenvalue weighted by molar-refractivity contribution is 6.30. The summed E-state index contributed by atoms with van der Waals surface area (Å²) < 4.78 is 0. The highest BCUT2D eigenvalue weighted by Crippen LogP contribution is 2.21. The number of nitriles is 1. The fourth-order valence-corrected chi connectivity index (χ4v) is 2.37. The van der Waals surface area contributed by atoms with Crippen molar-refractivity contribution < 1.29 is 4.79 Å². The topological polar surface area (TPSA) is 56.1 Å². The monoisotopic (exact) mass is 339 g/mol. The number of carbonyl (C=O) groups excluding carboxylic acids is 1. The van der Waals surface area contributed by atoms with Gasteiger partial charge < -0.3 is 10.2 Å². The van der Waals surface area contributed by atoms with Crippen molar-refractivity contribution in [2.24, 2.45) is 0 Å². The third-order valence-electron chi connectivity index (χ3n) is 3.52. The molecule has 0 heterocycles. The first-order valence-corrected chi connectivity index (χ1v) is 7.75. The summed E-state index contributed by atoms with van der Waals surface area (Å²) in [5, 5.41) is 12.6. The van der Waals surface area contributed by atoms with E-state index in [-0.39, 0.29) is 5.57 Å². The van der Waals surface area contributed by atoms with Gasteiger partial charge in [0.15, 0.2) is 0 Å². The first-order valence-electron chi connectivity index (χ1n) is 7.37. The number of nitrogens with one attached hydrogen (secondary N) is 1. The number of hydrogen-bond acceptors (Lipinski definition) is 3. The Hall–Kier alpha value is -2.77. The van der Waals surface area contributed by atoms with E-state index in [1.807, 2.05) is 56.3 Å². The first-order chi connectivity index (χ1) is 11.4. The van der Waals surface area contributed by atoms with Gasteiger partial charge in [-0.3, -0.25) is 4.79 Å². The number of halogens is 1. The molecule has 1 amide bonds. The van der Waals surface area contributed by atoms with Crippen LogP contribution in [0.1, 0.15) is 11.1 Å². The van der Waals surface area contributed by atoms with Gasteiger partial charge in [0.05, 0.1) is 0 Å². The number of aryl methyl sites for hydroxylation is 1. The molecule has 0 spiro atoms. The SMILES string of the molecule is Cc1cc(Cl)ccc1NC(=O)/C(C#N)=C/c1ccc(N(C)C)cc1. The smallest absolute Gasteiger partial charge is 0.266 e. The molecule has 0 aliphatic rings. The molecular weight excluding hydrogens is 322 g/mol. The van der Waals surface area contributed by atoms with Crippen LogP contribution in [0, 0.1) is 18.3 Å². The predicted octanol–water partition coefficient (Wildman–Crippen LogP) is 4.26. The molecule has 1 N–H and O–H groups in total. The molecule has 0 aliphatic carbocycles. The minimum Gasteiger partial charge on any atom is -0.378 e. The molecular formula is C19H18ClN3O. The van der Waals surface area contributed by atoms with Gasteiger partial charge in [-0.05, 0) is 54.5 Å². The number of anilines is 2. The van der Waals surface area contributed by atoms with Gasteiger partial charge in [0.25, 0.3) is 5.91 Å². The fourth-order valence-electron chi connectivity index (χ4n) is 2.14. The lowest BCUT2D eigenvalue weighted by Crippen LogP contribution is -2.14. The molecule has 0 saturated carbocycles. The van der Waals surface area contributed by atoms with Crippen LogP contribution in [0.4, 0.5) is 11.4 Å². The van der Waals surface area contributed by atoms with E-state index in [2.05, 4.69) is 5.32 Å². The van der Waals surface area contributed by atoms with Crippen molar-refractivity contribution in [3.8, 4) is 6.07 Å². The molecule has 4 nitrogen and oxygen atoms in total. The van der Waals surface area contributed by atoms with E-state index in [1.165, 1.54) is 0 Å². The number of hydrogen-bond donors (Lipinski definition) is 1.